The highest BCUT2D eigenvalue weighted by Gasteiger charge is 2.47. The Kier molecular flexibility index (Phi) is 5.54. The number of para-hydroxylation sites is 2. The molecule has 2 aliphatic rings. The summed E-state index contributed by atoms with van der Waals surface area (Å²) in [4.78, 5) is 38.3. The normalized spacial score (nSPS) is 19.3. The van der Waals surface area contributed by atoms with E-state index < -0.39 is 6.04 Å². The third-order valence-corrected chi connectivity index (χ3v) is 8.33. The van der Waals surface area contributed by atoms with Crippen molar-refractivity contribution in [1.82, 2.24) is 19.8 Å². The Morgan fingerprint density at radius 2 is 1.55 bits per heavy atom. The second kappa shape index (κ2) is 9.21. The van der Waals surface area contributed by atoms with Crippen LogP contribution in [0.4, 0.5) is 0 Å². The van der Waals surface area contributed by atoms with Gasteiger partial charge in [-0.25, -0.2) is 0 Å². The second-order valence-electron chi connectivity index (χ2n) is 10.5. The van der Waals surface area contributed by atoms with Crippen LogP contribution in [0.2, 0.25) is 0 Å². The highest BCUT2D eigenvalue weighted by atomic mass is 16.2. The number of aromatic amines is 2. The fourth-order valence-electron chi connectivity index (χ4n) is 6.48. The summed E-state index contributed by atoms with van der Waals surface area (Å²) < 4.78 is 0. The maximum Gasteiger partial charge on any atom is 0.246 e. The Labute approximate surface area is 221 Å². The lowest BCUT2D eigenvalue weighted by atomic mass is 9.86. The fraction of sp³-hybridized carbons (Fsp3) is 0.250. The van der Waals surface area contributed by atoms with Gasteiger partial charge < -0.3 is 19.8 Å². The number of aromatic nitrogens is 2. The number of hydrogen-bond donors (Lipinski definition) is 2. The van der Waals surface area contributed by atoms with Crippen molar-refractivity contribution in [3.63, 3.8) is 0 Å². The van der Waals surface area contributed by atoms with E-state index in [1.54, 1.807) is 4.90 Å². The van der Waals surface area contributed by atoms with Crippen molar-refractivity contribution in [2.24, 2.45) is 0 Å². The Morgan fingerprint density at radius 3 is 2.39 bits per heavy atom. The van der Waals surface area contributed by atoms with Gasteiger partial charge in [-0.1, -0.05) is 66.7 Å². The van der Waals surface area contributed by atoms with Gasteiger partial charge in [-0.15, -0.1) is 0 Å². The van der Waals surface area contributed by atoms with Crippen LogP contribution in [-0.2, 0) is 28.9 Å². The second-order valence-corrected chi connectivity index (χ2v) is 10.5. The van der Waals surface area contributed by atoms with Gasteiger partial charge in [0.25, 0.3) is 0 Å². The quantitative estimate of drug-likeness (QED) is 0.337. The summed E-state index contributed by atoms with van der Waals surface area (Å²) in [5.74, 6) is 0.0981. The molecule has 2 amide bonds. The molecular weight excluding hydrogens is 472 g/mol. The van der Waals surface area contributed by atoms with Crippen molar-refractivity contribution in [3.05, 3.63) is 107 Å². The Morgan fingerprint density at radius 1 is 0.816 bits per heavy atom. The predicted molar refractivity (Wildman–Crippen MR) is 149 cm³/mol. The maximum absolute atomic E-state index is 13.9. The van der Waals surface area contributed by atoms with Crippen LogP contribution in [0, 0.1) is 0 Å². The number of piperazine rings is 1. The number of H-pyrrole nitrogens is 2. The van der Waals surface area contributed by atoms with Gasteiger partial charge >= 0.3 is 0 Å². The highest BCUT2D eigenvalue weighted by molar-refractivity contribution is 5.97. The van der Waals surface area contributed by atoms with Crippen molar-refractivity contribution in [1.29, 1.82) is 0 Å². The molecule has 2 aliphatic heterocycles. The molecule has 4 heterocycles. The fourth-order valence-corrected chi connectivity index (χ4v) is 6.48. The minimum atomic E-state index is -0.466. The number of aryl methyl sites for hydroxylation is 1. The van der Waals surface area contributed by atoms with E-state index in [-0.39, 0.29) is 24.4 Å². The summed E-state index contributed by atoms with van der Waals surface area (Å²) in [6.07, 6.45) is 4.90. The van der Waals surface area contributed by atoms with Crippen LogP contribution in [0.3, 0.4) is 0 Å². The van der Waals surface area contributed by atoms with Gasteiger partial charge in [0.1, 0.15) is 6.04 Å². The van der Waals surface area contributed by atoms with Crippen molar-refractivity contribution in [2.45, 2.75) is 37.8 Å². The van der Waals surface area contributed by atoms with E-state index in [1.807, 2.05) is 41.4 Å². The van der Waals surface area contributed by atoms with E-state index in [2.05, 4.69) is 58.5 Å². The number of carbonyl (C=O) groups excluding carboxylic acids is 2. The minimum absolute atomic E-state index is 0.0379. The van der Waals surface area contributed by atoms with Gasteiger partial charge in [-0.3, -0.25) is 9.59 Å². The third kappa shape index (κ3) is 3.79. The van der Waals surface area contributed by atoms with Crippen LogP contribution >= 0.6 is 0 Å². The summed E-state index contributed by atoms with van der Waals surface area (Å²) in [5.41, 5.74) is 6.84. The first kappa shape index (κ1) is 22.8. The molecule has 0 saturated carbocycles. The monoisotopic (exact) mass is 502 g/mol. The number of amides is 2. The minimum Gasteiger partial charge on any atom is -0.361 e. The molecule has 38 heavy (non-hydrogen) atoms. The van der Waals surface area contributed by atoms with E-state index in [0.717, 1.165) is 35.0 Å². The highest BCUT2D eigenvalue weighted by Crippen LogP contribution is 2.41. The standard InChI is InChI=1S/C32H30N4O2/c37-30-20-35(17-16-22-19-33-26-12-6-4-10-23(22)26)32(38)29-18-25-24-11-5-7-13-27(24)34-31(25)28(36(29)30)15-14-21-8-2-1-3-9-21/h1-13,19,28-29,33-34H,14-18,20H2/t28-,29+/m1/s1. The van der Waals surface area contributed by atoms with E-state index in [4.69, 9.17) is 0 Å². The van der Waals surface area contributed by atoms with Gasteiger partial charge in [0.15, 0.2) is 0 Å². The first-order valence-electron chi connectivity index (χ1n) is 13.5. The van der Waals surface area contributed by atoms with E-state index in [0.29, 0.717) is 19.4 Å². The predicted octanol–water partition coefficient (Wildman–Crippen LogP) is 5.16. The average molecular weight is 503 g/mol. The van der Waals surface area contributed by atoms with E-state index in [1.165, 1.54) is 22.1 Å². The molecule has 0 radical (unpaired) electrons. The Hall–Kier alpha value is -4.32. The first-order valence-corrected chi connectivity index (χ1v) is 13.5. The van der Waals surface area contributed by atoms with Crippen LogP contribution < -0.4 is 0 Å². The zero-order valence-corrected chi connectivity index (χ0v) is 21.2. The number of carbonyl (C=O) groups is 2. The van der Waals surface area contributed by atoms with Gasteiger partial charge in [0, 0.05) is 46.7 Å². The van der Waals surface area contributed by atoms with Crippen LogP contribution in [-0.4, -0.2) is 50.7 Å². The molecule has 0 spiro atoms. The molecule has 1 fully saturated rings. The zero-order chi connectivity index (χ0) is 25.6. The number of benzene rings is 3. The molecule has 0 unspecified atom stereocenters. The maximum atomic E-state index is 13.9. The molecule has 6 heteroatoms. The number of fused-ring (bicyclic) bond motifs is 5. The molecule has 190 valence electrons. The zero-order valence-electron chi connectivity index (χ0n) is 21.2. The summed E-state index contributed by atoms with van der Waals surface area (Å²) in [6, 6.07) is 26.2. The average Bonchev–Trinajstić information content (AvgIpc) is 3.54. The summed E-state index contributed by atoms with van der Waals surface area (Å²) >= 11 is 0. The van der Waals surface area contributed by atoms with Crippen molar-refractivity contribution in [2.75, 3.05) is 13.1 Å². The lowest BCUT2D eigenvalue weighted by molar-refractivity contribution is -0.159. The molecule has 3 aromatic carbocycles. The van der Waals surface area contributed by atoms with Crippen molar-refractivity contribution in [3.8, 4) is 0 Å². The molecule has 2 aromatic heterocycles. The van der Waals surface area contributed by atoms with Gasteiger partial charge in [-0.05, 0) is 48.1 Å². The number of hydrogen-bond acceptors (Lipinski definition) is 2. The van der Waals surface area contributed by atoms with Crippen LogP contribution in [0.25, 0.3) is 21.8 Å². The third-order valence-electron chi connectivity index (χ3n) is 8.33. The van der Waals surface area contributed by atoms with Crippen LogP contribution in [0.1, 0.15) is 34.8 Å². The molecule has 6 nitrogen and oxygen atoms in total. The molecule has 1 saturated heterocycles. The topological polar surface area (TPSA) is 72.2 Å². The summed E-state index contributed by atoms with van der Waals surface area (Å²) in [5, 5.41) is 2.33. The van der Waals surface area contributed by atoms with E-state index >= 15 is 0 Å². The smallest absolute Gasteiger partial charge is 0.246 e. The van der Waals surface area contributed by atoms with Gasteiger partial charge in [-0.2, -0.15) is 0 Å². The Balaban J connectivity index is 1.19. The van der Waals surface area contributed by atoms with Crippen LogP contribution in [0.15, 0.2) is 85.1 Å². The van der Waals surface area contributed by atoms with Gasteiger partial charge in [0.2, 0.25) is 11.8 Å². The molecule has 2 N–H and O–H groups in total. The number of nitrogens with one attached hydrogen (secondary N) is 2. The molecule has 7 rings (SSSR count). The summed E-state index contributed by atoms with van der Waals surface area (Å²) in [7, 11) is 0. The molecule has 0 bridgehead atoms. The van der Waals surface area contributed by atoms with Crippen LogP contribution in [0.5, 0.6) is 0 Å². The van der Waals surface area contributed by atoms with E-state index in [9.17, 15) is 9.59 Å². The summed E-state index contributed by atoms with van der Waals surface area (Å²) in [6.45, 7) is 0.668. The van der Waals surface area contributed by atoms with Gasteiger partial charge in [0.05, 0.1) is 12.6 Å². The lowest BCUT2D eigenvalue weighted by Gasteiger charge is -2.47. The van der Waals surface area contributed by atoms with Crippen molar-refractivity contribution < 1.29 is 9.59 Å². The largest absolute Gasteiger partial charge is 0.361 e. The molecular formula is C32H30N4O2. The molecule has 5 aromatic rings. The Bertz CT molecular complexity index is 1650. The molecule has 2 atom stereocenters. The lowest BCUT2D eigenvalue weighted by Crippen LogP contribution is -2.63. The first-order chi connectivity index (χ1) is 18.7. The number of rotatable bonds is 6. The van der Waals surface area contributed by atoms with Crippen molar-refractivity contribution >= 4 is 33.6 Å². The number of nitrogens with zero attached hydrogens (tertiary/aromatic N) is 2. The SMILES string of the molecule is O=C1[C@@H]2Cc3c([nH]c4ccccc34)[C@@H](CCc3ccccc3)N2C(=O)CN1CCc1c[nH]c2ccccc12. The molecule has 0 aliphatic carbocycles.